The highest BCUT2D eigenvalue weighted by atomic mass is 19.1. The molecule has 0 saturated heterocycles. The molecule has 0 atom stereocenters. The van der Waals surface area contributed by atoms with Crippen LogP contribution in [0.5, 0.6) is 5.88 Å². The topological polar surface area (TPSA) is 22.1 Å². The predicted octanol–water partition coefficient (Wildman–Crippen LogP) is 6.48. The molecule has 1 aromatic carbocycles. The third kappa shape index (κ3) is 3.82. The smallest absolute Gasteiger partial charge is 0.213 e. The maximum absolute atomic E-state index is 14.5. The Labute approximate surface area is 157 Å². The summed E-state index contributed by atoms with van der Waals surface area (Å²) >= 11 is 0. The SMILES string of the molecule is C=CC1(c2cc(CC)ccc2-c2cc(OC)ncc2F)CCCC1.CC. The van der Waals surface area contributed by atoms with Gasteiger partial charge in [0.2, 0.25) is 5.88 Å². The molecule has 1 aromatic heterocycles. The van der Waals surface area contributed by atoms with E-state index in [-0.39, 0.29) is 11.2 Å². The monoisotopic (exact) mass is 355 g/mol. The Morgan fingerprint density at radius 3 is 2.46 bits per heavy atom. The molecule has 0 radical (unpaired) electrons. The first-order valence-electron chi connectivity index (χ1n) is 9.60. The summed E-state index contributed by atoms with van der Waals surface area (Å²) in [7, 11) is 1.55. The van der Waals surface area contributed by atoms with Gasteiger partial charge in [0.25, 0.3) is 0 Å². The van der Waals surface area contributed by atoms with Crippen molar-refractivity contribution in [2.75, 3.05) is 7.11 Å². The van der Waals surface area contributed by atoms with E-state index in [9.17, 15) is 4.39 Å². The first-order chi connectivity index (χ1) is 12.6. The van der Waals surface area contributed by atoms with Gasteiger partial charge in [0, 0.05) is 17.0 Å². The van der Waals surface area contributed by atoms with E-state index in [1.54, 1.807) is 13.2 Å². The number of ether oxygens (including phenoxy) is 1. The number of nitrogens with zero attached hydrogens (tertiary/aromatic N) is 1. The van der Waals surface area contributed by atoms with E-state index in [1.807, 2.05) is 19.9 Å². The van der Waals surface area contributed by atoms with E-state index in [0.717, 1.165) is 24.8 Å². The first kappa shape index (κ1) is 20.2. The predicted molar refractivity (Wildman–Crippen MR) is 107 cm³/mol. The maximum Gasteiger partial charge on any atom is 0.213 e. The zero-order valence-corrected chi connectivity index (χ0v) is 16.4. The first-order valence-corrected chi connectivity index (χ1v) is 9.60. The van der Waals surface area contributed by atoms with Gasteiger partial charge in [-0.2, -0.15) is 0 Å². The van der Waals surface area contributed by atoms with Gasteiger partial charge in [-0.1, -0.05) is 57.9 Å². The molecule has 1 aliphatic rings. The number of hydrogen-bond acceptors (Lipinski definition) is 2. The number of rotatable bonds is 5. The van der Waals surface area contributed by atoms with Crippen molar-refractivity contribution in [1.82, 2.24) is 4.98 Å². The summed E-state index contributed by atoms with van der Waals surface area (Å²) in [6.07, 6.45) is 8.77. The largest absolute Gasteiger partial charge is 0.481 e. The van der Waals surface area contributed by atoms with Gasteiger partial charge in [-0.3, -0.25) is 0 Å². The van der Waals surface area contributed by atoms with Gasteiger partial charge in [0.1, 0.15) is 5.82 Å². The quantitative estimate of drug-likeness (QED) is 0.572. The molecule has 2 aromatic rings. The molecule has 0 spiro atoms. The van der Waals surface area contributed by atoms with Crippen LogP contribution >= 0.6 is 0 Å². The molecular formula is C23H30FNO. The molecule has 2 nitrogen and oxygen atoms in total. The lowest BCUT2D eigenvalue weighted by molar-refractivity contribution is 0.396. The lowest BCUT2D eigenvalue weighted by atomic mass is 9.75. The Balaban J connectivity index is 0.00000117. The summed E-state index contributed by atoms with van der Waals surface area (Å²) in [5.74, 6) is 0.106. The number of methoxy groups -OCH3 is 1. The van der Waals surface area contributed by atoms with E-state index < -0.39 is 0 Å². The molecule has 3 heteroatoms. The second-order valence-electron chi connectivity index (χ2n) is 6.51. The fourth-order valence-corrected chi connectivity index (χ4v) is 3.78. The zero-order valence-electron chi connectivity index (χ0n) is 16.4. The molecule has 0 N–H and O–H groups in total. The van der Waals surface area contributed by atoms with Crippen LogP contribution in [0.4, 0.5) is 4.39 Å². The number of aromatic nitrogens is 1. The van der Waals surface area contributed by atoms with Crippen molar-refractivity contribution in [3.63, 3.8) is 0 Å². The van der Waals surface area contributed by atoms with Crippen LogP contribution in [0.15, 0.2) is 43.1 Å². The molecule has 1 aliphatic carbocycles. The van der Waals surface area contributed by atoms with Gasteiger partial charge in [-0.25, -0.2) is 9.37 Å². The van der Waals surface area contributed by atoms with Gasteiger partial charge in [0.05, 0.1) is 13.3 Å². The minimum Gasteiger partial charge on any atom is -0.481 e. The normalized spacial score (nSPS) is 15.1. The summed E-state index contributed by atoms with van der Waals surface area (Å²) < 4.78 is 19.7. The Morgan fingerprint density at radius 1 is 1.19 bits per heavy atom. The number of pyridine rings is 1. The highest BCUT2D eigenvalue weighted by Gasteiger charge is 2.35. The lowest BCUT2D eigenvalue weighted by Crippen LogP contribution is -2.20. The molecule has 140 valence electrons. The Bertz CT molecular complexity index is 748. The standard InChI is InChI=1S/C21H24FNO.C2H6/c1-4-15-8-9-16(17-13-20(24-3)23-14-19(17)22)18(12-15)21(5-2)10-6-7-11-21;1-2/h5,8-9,12-14H,2,4,6-7,10-11H2,1,3H3;1-2H3. The molecule has 0 unspecified atom stereocenters. The van der Waals surface area contributed by atoms with Gasteiger partial charge in [-0.05, 0) is 36.0 Å². The van der Waals surface area contributed by atoms with E-state index in [0.29, 0.717) is 11.4 Å². The van der Waals surface area contributed by atoms with Crippen LogP contribution in [-0.4, -0.2) is 12.1 Å². The third-order valence-corrected chi connectivity index (χ3v) is 5.24. The average molecular weight is 355 g/mol. The average Bonchev–Trinajstić information content (AvgIpc) is 3.20. The zero-order chi connectivity index (χ0) is 19.2. The summed E-state index contributed by atoms with van der Waals surface area (Å²) in [5, 5.41) is 0. The van der Waals surface area contributed by atoms with Crippen LogP contribution in [0.2, 0.25) is 0 Å². The minimum atomic E-state index is -0.321. The molecule has 3 rings (SSSR count). The Hall–Kier alpha value is -2.16. The van der Waals surface area contributed by atoms with E-state index >= 15 is 0 Å². The van der Waals surface area contributed by atoms with Crippen LogP contribution in [0, 0.1) is 5.82 Å². The number of benzene rings is 1. The molecule has 26 heavy (non-hydrogen) atoms. The van der Waals surface area contributed by atoms with Gasteiger partial charge < -0.3 is 4.74 Å². The molecular weight excluding hydrogens is 325 g/mol. The number of halogens is 1. The van der Waals surface area contributed by atoms with Crippen molar-refractivity contribution in [2.24, 2.45) is 0 Å². The van der Waals surface area contributed by atoms with Crippen molar-refractivity contribution < 1.29 is 9.13 Å². The highest BCUT2D eigenvalue weighted by molar-refractivity contribution is 5.71. The van der Waals surface area contributed by atoms with Crippen LogP contribution in [0.1, 0.15) is 57.6 Å². The third-order valence-electron chi connectivity index (χ3n) is 5.24. The Kier molecular flexibility index (Phi) is 6.96. The highest BCUT2D eigenvalue weighted by Crippen LogP contribution is 2.46. The van der Waals surface area contributed by atoms with Gasteiger partial charge >= 0.3 is 0 Å². The summed E-state index contributed by atoms with van der Waals surface area (Å²) in [6.45, 7) is 10.2. The van der Waals surface area contributed by atoms with Gasteiger partial charge in [0.15, 0.2) is 0 Å². The van der Waals surface area contributed by atoms with E-state index in [2.05, 4.69) is 36.7 Å². The molecule has 0 amide bonds. The van der Waals surface area contributed by atoms with Crippen molar-refractivity contribution in [1.29, 1.82) is 0 Å². The number of aryl methyl sites for hydroxylation is 1. The van der Waals surface area contributed by atoms with E-state index in [1.165, 1.54) is 30.2 Å². The summed E-state index contributed by atoms with van der Waals surface area (Å²) in [6, 6.07) is 8.03. The minimum absolute atomic E-state index is 0.0660. The van der Waals surface area contributed by atoms with Crippen LogP contribution in [0.3, 0.4) is 0 Å². The fraction of sp³-hybridized carbons (Fsp3) is 0.435. The van der Waals surface area contributed by atoms with Crippen LogP contribution in [-0.2, 0) is 11.8 Å². The fourth-order valence-electron chi connectivity index (χ4n) is 3.78. The number of hydrogen-bond donors (Lipinski definition) is 0. The summed E-state index contributed by atoms with van der Waals surface area (Å²) in [5.41, 5.74) is 3.85. The van der Waals surface area contributed by atoms with Crippen LogP contribution in [0.25, 0.3) is 11.1 Å². The van der Waals surface area contributed by atoms with Crippen molar-refractivity contribution >= 4 is 0 Å². The molecule has 1 heterocycles. The number of allylic oxidation sites excluding steroid dienone is 1. The molecule has 0 aliphatic heterocycles. The molecule has 0 bridgehead atoms. The van der Waals surface area contributed by atoms with Crippen molar-refractivity contribution in [3.8, 4) is 17.0 Å². The lowest BCUT2D eigenvalue weighted by Gasteiger charge is -2.29. The Morgan fingerprint density at radius 2 is 1.88 bits per heavy atom. The van der Waals surface area contributed by atoms with Crippen LogP contribution < -0.4 is 4.74 Å². The van der Waals surface area contributed by atoms with Crippen molar-refractivity contribution in [2.45, 2.75) is 58.3 Å². The van der Waals surface area contributed by atoms with Gasteiger partial charge in [-0.15, -0.1) is 6.58 Å². The maximum atomic E-state index is 14.5. The van der Waals surface area contributed by atoms with E-state index in [4.69, 9.17) is 4.74 Å². The molecule has 1 saturated carbocycles. The second kappa shape index (κ2) is 8.98. The summed E-state index contributed by atoms with van der Waals surface area (Å²) in [4.78, 5) is 3.96. The second-order valence-corrected chi connectivity index (χ2v) is 6.51. The molecule has 1 fully saturated rings. The van der Waals surface area contributed by atoms with Crippen molar-refractivity contribution in [3.05, 3.63) is 60.1 Å².